The number of hydrogen-bond acceptors (Lipinski definition) is 3. The average molecular weight is 247 g/mol. The van der Waals surface area contributed by atoms with E-state index in [-0.39, 0.29) is 24.2 Å². The van der Waals surface area contributed by atoms with E-state index in [9.17, 15) is 9.59 Å². The zero-order chi connectivity index (χ0) is 13.0. The monoisotopic (exact) mass is 247 g/mol. The first-order valence-electron chi connectivity index (χ1n) is 6.15. The number of amides is 2. The Morgan fingerprint density at radius 3 is 2.83 bits per heavy atom. The van der Waals surface area contributed by atoms with Gasteiger partial charge in [0.15, 0.2) is 0 Å². The fourth-order valence-corrected chi connectivity index (χ4v) is 1.76. The number of rotatable bonds is 5. The highest BCUT2D eigenvalue weighted by Crippen LogP contribution is 2.37. The van der Waals surface area contributed by atoms with Crippen molar-refractivity contribution in [3.8, 4) is 0 Å². The van der Waals surface area contributed by atoms with E-state index >= 15 is 0 Å². The van der Waals surface area contributed by atoms with Gasteiger partial charge in [-0.2, -0.15) is 0 Å². The van der Waals surface area contributed by atoms with Crippen LogP contribution in [0.3, 0.4) is 0 Å². The van der Waals surface area contributed by atoms with E-state index in [1.165, 1.54) is 0 Å². The number of nitrogens with one attached hydrogen (secondary N) is 2. The number of carbonyl (C=O) groups is 2. The first kappa shape index (κ1) is 12.5. The fourth-order valence-electron chi connectivity index (χ4n) is 1.76. The summed E-state index contributed by atoms with van der Waals surface area (Å²) in [6, 6.07) is 5.31. The van der Waals surface area contributed by atoms with Crippen LogP contribution in [0.1, 0.15) is 19.8 Å². The van der Waals surface area contributed by atoms with Crippen LogP contribution in [0, 0.1) is 11.8 Å². The highest BCUT2D eigenvalue weighted by molar-refractivity contribution is 5.90. The SMILES string of the molecule is C[C@H]1C[C@@H]1C(=O)NCCC(=O)Nc1ccccn1. The minimum atomic E-state index is -0.141. The number of aromatic nitrogens is 1. The molecule has 5 heteroatoms. The topological polar surface area (TPSA) is 71.1 Å². The Labute approximate surface area is 106 Å². The Morgan fingerprint density at radius 1 is 1.44 bits per heavy atom. The van der Waals surface area contributed by atoms with Crippen LogP contribution in [-0.2, 0) is 9.59 Å². The van der Waals surface area contributed by atoms with Crippen LogP contribution in [0.15, 0.2) is 24.4 Å². The predicted octanol–water partition coefficient (Wildman–Crippen LogP) is 1.18. The maximum atomic E-state index is 11.5. The number of nitrogens with zero attached hydrogens (tertiary/aromatic N) is 1. The molecule has 2 rings (SSSR count). The van der Waals surface area contributed by atoms with Crippen molar-refractivity contribution >= 4 is 17.6 Å². The number of carbonyl (C=O) groups excluding carboxylic acids is 2. The minimum Gasteiger partial charge on any atom is -0.355 e. The first-order chi connectivity index (χ1) is 8.66. The second-order valence-electron chi connectivity index (χ2n) is 4.62. The zero-order valence-electron chi connectivity index (χ0n) is 10.3. The van der Waals surface area contributed by atoms with E-state index < -0.39 is 0 Å². The molecule has 1 fully saturated rings. The normalized spacial score (nSPS) is 21.2. The van der Waals surface area contributed by atoms with Gasteiger partial charge in [-0.25, -0.2) is 4.98 Å². The molecule has 0 aliphatic heterocycles. The predicted molar refractivity (Wildman–Crippen MR) is 67.8 cm³/mol. The molecule has 1 aromatic heterocycles. The minimum absolute atomic E-state index is 0.0631. The van der Waals surface area contributed by atoms with Crippen molar-refractivity contribution in [3.05, 3.63) is 24.4 Å². The number of anilines is 1. The molecule has 18 heavy (non-hydrogen) atoms. The third-order valence-corrected chi connectivity index (χ3v) is 3.03. The highest BCUT2D eigenvalue weighted by Gasteiger charge is 2.38. The third-order valence-electron chi connectivity index (χ3n) is 3.03. The number of pyridine rings is 1. The van der Waals surface area contributed by atoms with Crippen molar-refractivity contribution in [1.82, 2.24) is 10.3 Å². The van der Waals surface area contributed by atoms with Crippen LogP contribution < -0.4 is 10.6 Å². The van der Waals surface area contributed by atoms with Crippen LogP contribution in [0.2, 0.25) is 0 Å². The molecule has 1 aliphatic carbocycles. The van der Waals surface area contributed by atoms with Gasteiger partial charge < -0.3 is 10.6 Å². The molecule has 1 aromatic rings. The van der Waals surface area contributed by atoms with Crippen molar-refractivity contribution in [1.29, 1.82) is 0 Å². The molecule has 0 bridgehead atoms. The quantitative estimate of drug-likeness (QED) is 0.820. The van der Waals surface area contributed by atoms with E-state index in [0.717, 1.165) is 6.42 Å². The fraction of sp³-hybridized carbons (Fsp3) is 0.462. The van der Waals surface area contributed by atoms with Gasteiger partial charge in [-0.05, 0) is 24.5 Å². The average Bonchev–Trinajstić information content (AvgIpc) is 3.07. The summed E-state index contributed by atoms with van der Waals surface area (Å²) in [6.45, 7) is 2.43. The Bertz CT molecular complexity index is 433. The lowest BCUT2D eigenvalue weighted by molar-refractivity contribution is -0.122. The maximum Gasteiger partial charge on any atom is 0.227 e. The molecule has 0 radical (unpaired) electrons. The van der Waals surface area contributed by atoms with Gasteiger partial charge in [-0.3, -0.25) is 9.59 Å². The summed E-state index contributed by atoms with van der Waals surface area (Å²) < 4.78 is 0. The van der Waals surface area contributed by atoms with Crippen molar-refractivity contribution in [2.75, 3.05) is 11.9 Å². The molecule has 2 atom stereocenters. The van der Waals surface area contributed by atoms with Crippen LogP contribution in [0.5, 0.6) is 0 Å². The molecule has 0 aromatic carbocycles. The molecule has 96 valence electrons. The van der Waals surface area contributed by atoms with Gasteiger partial charge in [0.1, 0.15) is 5.82 Å². The summed E-state index contributed by atoms with van der Waals surface area (Å²) in [5.74, 6) is 1.10. The Hall–Kier alpha value is -1.91. The Morgan fingerprint density at radius 2 is 2.22 bits per heavy atom. The van der Waals surface area contributed by atoms with E-state index in [0.29, 0.717) is 18.3 Å². The van der Waals surface area contributed by atoms with E-state index in [1.54, 1.807) is 24.4 Å². The third kappa shape index (κ3) is 3.55. The standard InChI is InChI=1S/C13H17N3O2/c1-9-8-10(9)13(18)15-7-5-12(17)16-11-4-2-3-6-14-11/h2-4,6,9-10H,5,7-8H2,1H3,(H,15,18)(H,14,16,17)/t9-,10-/m0/s1. The molecular weight excluding hydrogens is 230 g/mol. The van der Waals surface area contributed by atoms with Crippen LogP contribution >= 0.6 is 0 Å². The van der Waals surface area contributed by atoms with Gasteiger partial charge in [0, 0.05) is 25.1 Å². The van der Waals surface area contributed by atoms with Gasteiger partial charge in [0.05, 0.1) is 0 Å². The Kier molecular flexibility index (Phi) is 3.92. The van der Waals surface area contributed by atoms with Gasteiger partial charge in [0.25, 0.3) is 0 Å². The molecular formula is C13H17N3O2. The Balaban J connectivity index is 1.65. The lowest BCUT2D eigenvalue weighted by atomic mass is 10.3. The molecule has 0 spiro atoms. The summed E-state index contributed by atoms with van der Waals surface area (Å²) in [5, 5.41) is 5.44. The van der Waals surface area contributed by atoms with E-state index in [4.69, 9.17) is 0 Å². The second kappa shape index (κ2) is 5.62. The van der Waals surface area contributed by atoms with Crippen molar-refractivity contribution in [2.24, 2.45) is 11.8 Å². The van der Waals surface area contributed by atoms with Crippen LogP contribution in [0.4, 0.5) is 5.82 Å². The van der Waals surface area contributed by atoms with E-state index in [2.05, 4.69) is 22.5 Å². The van der Waals surface area contributed by atoms with Gasteiger partial charge in [-0.15, -0.1) is 0 Å². The maximum absolute atomic E-state index is 11.5. The summed E-state index contributed by atoms with van der Waals surface area (Å²) in [4.78, 5) is 27.0. The van der Waals surface area contributed by atoms with Gasteiger partial charge >= 0.3 is 0 Å². The highest BCUT2D eigenvalue weighted by atomic mass is 16.2. The summed E-state index contributed by atoms with van der Waals surface area (Å²) in [7, 11) is 0. The van der Waals surface area contributed by atoms with Gasteiger partial charge in [0.2, 0.25) is 11.8 Å². The largest absolute Gasteiger partial charge is 0.355 e. The molecule has 1 heterocycles. The van der Waals surface area contributed by atoms with Crippen LogP contribution in [-0.4, -0.2) is 23.3 Å². The molecule has 0 unspecified atom stereocenters. The summed E-state index contributed by atoms with van der Waals surface area (Å²) >= 11 is 0. The lowest BCUT2D eigenvalue weighted by Crippen LogP contribution is -2.29. The lowest BCUT2D eigenvalue weighted by Gasteiger charge is -2.05. The molecule has 5 nitrogen and oxygen atoms in total. The van der Waals surface area contributed by atoms with Gasteiger partial charge in [-0.1, -0.05) is 13.0 Å². The molecule has 2 N–H and O–H groups in total. The van der Waals surface area contributed by atoms with Crippen molar-refractivity contribution < 1.29 is 9.59 Å². The summed E-state index contributed by atoms with van der Waals surface area (Å²) in [6.07, 6.45) is 2.85. The van der Waals surface area contributed by atoms with Crippen molar-refractivity contribution in [2.45, 2.75) is 19.8 Å². The molecule has 0 saturated heterocycles. The zero-order valence-corrected chi connectivity index (χ0v) is 10.3. The molecule has 1 aliphatic rings. The molecule has 1 saturated carbocycles. The number of hydrogen-bond donors (Lipinski definition) is 2. The second-order valence-corrected chi connectivity index (χ2v) is 4.62. The van der Waals surface area contributed by atoms with E-state index in [1.807, 2.05) is 0 Å². The van der Waals surface area contributed by atoms with Crippen LogP contribution in [0.25, 0.3) is 0 Å². The summed E-state index contributed by atoms with van der Waals surface area (Å²) in [5.41, 5.74) is 0. The first-order valence-corrected chi connectivity index (χ1v) is 6.15. The molecule has 2 amide bonds. The smallest absolute Gasteiger partial charge is 0.227 e. The van der Waals surface area contributed by atoms with Crippen molar-refractivity contribution in [3.63, 3.8) is 0 Å².